The lowest BCUT2D eigenvalue weighted by Gasteiger charge is -2.37. The topological polar surface area (TPSA) is 84.9 Å². The van der Waals surface area contributed by atoms with E-state index in [1.165, 1.54) is 17.9 Å². The Morgan fingerprint density at radius 1 is 1.37 bits per heavy atom. The van der Waals surface area contributed by atoms with Crippen molar-refractivity contribution < 1.29 is 23.3 Å². The number of cyclic esters (lactones) is 1. The Balaban J connectivity index is 1.49. The van der Waals surface area contributed by atoms with E-state index in [2.05, 4.69) is 10.2 Å². The molecule has 3 saturated heterocycles. The second kappa shape index (κ2) is 7.20. The minimum atomic E-state index is -0.823. The van der Waals surface area contributed by atoms with E-state index in [1.54, 1.807) is 12.1 Å². The fourth-order valence-electron chi connectivity index (χ4n) is 4.15. The Morgan fingerprint density at radius 3 is 2.70 bits per heavy atom. The Hall–Kier alpha value is -2.00. The van der Waals surface area contributed by atoms with Crippen LogP contribution in [0.4, 0.5) is 20.6 Å². The molecule has 0 saturated carbocycles. The summed E-state index contributed by atoms with van der Waals surface area (Å²) in [6, 6.07) is 4.99. The summed E-state index contributed by atoms with van der Waals surface area (Å²) in [5.74, 6) is 0.578. The number of hydrogen-bond acceptors (Lipinski definition) is 5. The van der Waals surface area contributed by atoms with E-state index < -0.39 is 29.2 Å². The van der Waals surface area contributed by atoms with Crippen LogP contribution in [0.2, 0.25) is 0 Å². The molecular formula is C18H22FN3O4S. The molecule has 0 spiro atoms. The third-order valence-corrected chi connectivity index (χ3v) is 6.86. The van der Waals surface area contributed by atoms with Crippen LogP contribution in [0.15, 0.2) is 18.2 Å². The number of anilines is 2. The Bertz CT molecular complexity index is 750. The maximum Gasteiger partial charge on any atom is 0.414 e. The molecule has 4 atom stereocenters. The molecular weight excluding hydrogens is 373 g/mol. The average molecular weight is 395 g/mol. The highest BCUT2D eigenvalue weighted by Crippen LogP contribution is 2.38. The fourth-order valence-corrected chi connectivity index (χ4v) is 5.80. The number of nitrogens with one attached hydrogen (secondary N) is 1. The number of carbonyl (C=O) groups excluding carboxylic acids is 2. The normalized spacial score (nSPS) is 29.8. The molecule has 1 unspecified atom stereocenters. The van der Waals surface area contributed by atoms with Gasteiger partial charge >= 0.3 is 6.09 Å². The van der Waals surface area contributed by atoms with Gasteiger partial charge in [0.2, 0.25) is 5.91 Å². The van der Waals surface area contributed by atoms with Crippen LogP contribution in [0.1, 0.15) is 19.8 Å². The summed E-state index contributed by atoms with van der Waals surface area (Å²) in [4.78, 5) is 26.5. The minimum Gasteiger partial charge on any atom is -0.616 e. The van der Waals surface area contributed by atoms with E-state index >= 15 is 0 Å². The number of amides is 2. The third-order valence-electron chi connectivity index (χ3n) is 5.35. The highest BCUT2D eigenvalue weighted by atomic mass is 32.2. The first kappa shape index (κ1) is 18.4. The van der Waals surface area contributed by atoms with Gasteiger partial charge in [-0.1, -0.05) is 0 Å². The van der Waals surface area contributed by atoms with Crippen LogP contribution in [-0.2, 0) is 20.7 Å². The maximum atomic E-state index is 14.9. The molecule has 9 heteroatoms. The molecule has 1 N–H and O–H groups in total. The predicted molar refractivity (Wildman–Crippen MR) is 99.9 cm³/mol. The minimum absolute atomic E-state index is 0.115. The van der Waals surface area contributed by atoms with Gasteiger partial charge in [0, 0.05) is 6.92 Å². The zero-order valence-corrected chi connectivity index (χ0v) is 15.8. The van der Waals surface area contributed by atoms with E-state index in [-0.39, 0.29) is 31.1 Å². The number of carbonyl (C=O) groups is 2. The molecule has 0 radical (unpaired) electrons. The Kier molecular flexibility index (Phi) is 4.90. The molecule has 27 heavy (non-hydrogen) atoms. The molecule has 0 aliphatic carbocycles. The van der Waals surface area contributed by atoms with Crippen LogP contribution in [0.5, 0.6) is 0 Å². The van der Waals surface area contributed by atoms with E-state index in [9.17, 15) is 18.5 Å². The average Bonchev–Trinajstić information content (AvgIpc) is 3.10. The molecule has 3 fully saturated rings. The summed E-state index contributed by atoms with van der Waals surface area (Å²) in [5.41, 5.74) is 0.935. The lowest BCUT2D eigenvalue weighted by atomic mass is 10.2. The van der Waals surface area contributed by atoms with Crippen molar-refractivity contribution in [1.29, 1.82) is 0 Å². The summed E-state index contributed by atoms with van der Waals surface area (Å²) in [5, 5.41) is 2.62. The summed E-state index contributed by atoms with van der Waals surface area (Å²) in [6.45, 7) is 1.88. The molecule has 2 amide bonds. The molecule has 7 nitrogen and oxygen atoms in total. The second-order valence-electron chi connectivity index (χ2n) is 7.25. The number of ether oxygens (including phenoxy) is 1. The lowest BCUT2D eigenvalue weighted by Crippen LogP contribution is -2.49. The first-order valence-electron chi connectivity index (χ1n) is 9.08. The third kappa shape index (κ3) is 3.58. The first-order chi connectivity index (χ1) is 12.9. The van der Waals surface area contributed by atoms with Gasteiger partial charge in [-0.2, -0.15) is 0 Å². The van der Waals surface area contributed by atoms with Gasteiger partial charge in [0.05, 0.1) is 36.5 Å². The summed E-state index contributed by atoms with van der Waals surface area (Å²) < 4.78 is 32.0. The summed E-state index contributed by atoms with van der Waals surface area (Å²) in [7, 11) is 0. The standard InChI is InChI=1S/C18H22FN3O4S/c1-11(23)20-7-15-8-21(18(24)26-15)12-4-5-17(16(19)6-12)22-13-2-3-14(22)10-27(25)9-13/h4-6,13-15H,2-3,7-10H2,1H3,(H,20,23)/t13-,14+,15-,27?/m0/s1. The van der Waals surface area contributed by atoms with E-state index in [0.29, 0.717) is 22.9 Å². The molecule has 3 heterocycles. The van der Waals surface area contributed by atoms with Crippen molar-refractivity contribution in [2.45, 2.75) is 38.0 Å². The van der Waals surface area contributed by atoms with Gasteiger partial charge in [-0.3, -0.25) is 9.69 Å². The van der Waals surface area contributed by atoms with E-state index in [4.69, 9.17) is 4.74 Å². The summed E-state index contributed by atoms with van der Waals surface area (Å²) >= 11 is -0.823. The summed E-state index contributed by atoms with van der Waals surface area (Å²) in [6.07, 6.45) is 0.852. The molecule has 3 aliphatic heterocycles. The van der Waals surface area contributed by atoms with Gasteiger partial charge in [0.15, 0.2) is 0 Å². The zero-order chi connectivity index (χ0) is 19.1. The SMILES string of the molecule is CC(=O)NC[C@H]1CN(c2ccc(N3[C@@H]4CC[C@H]3C[S+]([O-])C4)c(F)c2)C(=O)O1. The monoisotopic (exact) mass is 395 g/mol. The van der Waals surface area contributed by atoms with Gasteiger partial charge in [0.25, 0.3) is 0 Å². The highest BCUT2D eigenvalue weighted by molar-refractivity contribution is 7.91. The number of nitrogens with zero attached hydrogens (tertiary/aromatic N) is 2. The van der Waals surface area contributed by atoms with Crippen molar-refractivity contribution in [1.82, 2.24) is 5.32 Å². The van der Waals surface area contributed by atoms with Gasteiger partial charge in [-0.05, 0) is 42.2 Å². The number of hydrogen-bond donors (Lipinski definition) is 1. The number of halogens is 1. The predicted octanol–water partition coefficient (Wildman–Crippen LogP) is 1.39. The largest absolute Gasteiger partial charge is 0.616 e. The Labute approximate surface area is 160 Å². The van der Waals surface area contributed by atoms with E-state index in [1.807, 2.05) is 0 Å². The molecule has 0 aromatic heterocycles. The molecule has 3 aliphatic rings. The van der Waals surface area contributed by atoms with Crippen LogP contribution in [0, 0.1) is 5.82 Å². The number of benzene rings is 1. The van der Waals surface area contributed by atoms with Gasteiger partial charge < -0.3 is 19.5 Å². The van der Waals surface area contributed by atoms with Crippen LogP contribution in [-0.4, -0.2) is 59.3 Å². The molecule has 4 rings (SSSR count). The second-order valence-corrected chi connectivity index (χ2v) is 8.80. The van der Waals surface area contributed by atoms with Crippen molar-refractivity contribution >= 4 is 34.6 Å². The van der Waals surface area contributed by atoms with Crippen LogP contribution in [0.25, 0.3) is 0 Å². The highest BCUT2D eigenvalue weighted by Gasteiger charge is 2.44. The van der Waals surface area contributed by atoms with Gasteiger partial charge in [0.1, 0.15) is 23.4 Å². The molecule has 146 valence electrons. The Morgan fingerprint density at radius 2 is 2.07 bits per heavy atom. The van der Waals surface area contributed by atoms with Crippen LogP contribution in [0.3, 0.4) is 0 Å². The number of fused-ring (bicyclic) bond motifs is 2. The smallest absolute Gasteiger partial charge is 0.414 e. The zero-order valence-electron chi connectivity index (χ0n) is 15.0. The maximum absolute atomic E-state index is 14.9. The molecule has 2 bridgehead atoms. The van der Waals surface area contributed by atoms with Crippen molar-refractivity contribution in [2.24, 2.45) is 0 Å². The quantitative estimate of drug-likeness (QED) is 0.779. The van der Waals surface area contributed by atoms with Crippen molar-refractivity contribution in [3.63, 3.8) is 0 Å². The van der Waals surface area contributed by atoms with Crippen molar-refractivity contribution in [3.8, 4) is 0 Å². The van der Waals surface area contributed by atoms with E-state index in [0.717, 1.165) is 12.8 Å². The van der Waals surface area contributed by atoms with Crippen molar-refractivity contribution in [2.75, 3.05) is 34.4 Å². The van der Waals surface area contributed by atoms with Crippen molar-refractivity contribution in [3.05, 3.63) is 24.0 Å². The van der Waals surface area contributed by atoms with Crippen LogP contribution < -0.4 is 15.1 Å². The van der Waals surface area contributed by atoms with Gasteiger partial charge in [-0.25, -0.2) is 9.18 Å². The number of rotatable bonds is 4. The lowest BCUT2D eigenvalue weighted by molar-refractivity contribution is -0.119. The van der Waals surface area contributed by atoms with Gasteiger partial charge in [-0.15, -0.1) is 0 Å². The van der Waals surface area contributed by atoms with Crippen LogP contribution >= 0.6 is 0 Å². The fraction of sp³-hybridized carbons (Fsp3) is 0.556. The molecule has 1 aromatic rings. The first-order valence-corrected chi connectivity index (χ1v) is 10.6. The molecule has 1 aromatic carbocycles.